The van der Waals surface area contributed by atoms with Gasteiger partial charge in [-0.3, -0.25) is 0 Å². The molecule has 72 valence electrons. The second kappa shape index (κ2) is 4.21. The van der Waals surface area contributed by atoms with Gasteiger partial charge in [0.1, 0.15) is 0 Å². The van der Waals surface area contributed by atoms with Gasteiger partial charge in [-0.15, -0.1) is 0 Å². The molecule has 12 heavy (non-hydrogen) atoms. The maximum atomic E-state index is 5.64. The maximum Gasteiger partial charge on any atom is 0.0856 e. The molecule has 0 bridgehead atoms. The van der Waals surface area contributed by atoms with Gasteiger partial charge in [-0.1, -0.05) is 0 Å². The Balaban J connectivity index is 2.50. The molecule has 1 rings (SSSR count). The van der Waals surface area contributed by atoms with Gasteiger partial charge in [-0.25, -0.2) is 0 Å². The van der Waals surface area contributed by atoms with Crippen molar-refractivity contribution in [2.24, 2.45) is 0 Å². The van der Waals surface area contributed by atoms with Crippen LogP contribution in [0.25, 0.3) is 0 Å². The molecule has 1 aliphatic heterocycles. The topological polar surface area (TPSA) is 27.7 Å². The second-order valence-electron chi connectivity index (χ2n) is 3.33. The van der Waals surface area contributed by atoms with Crippen LogP contribution in [-0.4, -0.2) is 38.6 Å². The molecular weight excluding hydrogens is 156 g/mol. The van der Waals surface area contributed by atoms with Crippen molar-refractivity contribution in [2.45, 2.75) is 44.7 Å². The Labute approximate surface area is 74.0 Å². The lowest BCUT2D eigenvalue weighted by Gasteiger charge is -2.37. The SMILES string of the molecule is CO[C@H]1C[C@@H](OC)[C@H](C)O[C@H]1C. The van der Waals surface area contributed by atoms with Crippen LogP contribution in [0.1, 0.15) is 20.3 Å². The summed E-state index contributed by atoms with van der Waals surface area (Å²) in [5.74, 6) is 0. The number of rotatable bonds is 2. The van der Waals surface area contributed by atoms with Crippen LogP contribution in [0.4, 0.5) is 0 Å². The molecule has 0 N–H and O–H groups in total. The summed E-state index contributed by atoms with van der Waals surface area (Å²) in [4.78, 5) is 0. The van der Waals surface area contributed by atoms with E-state index in [1.165, 1.54) is 0 Å². The summed E-state index contributed by atoms with van der Waals surface area (Å²) in [6.45, 7) is 4.08. The van der Waals surface area contributed by atoms with Crippen LogP contribution in [0.15, 0.2) is 0 Å². The Morgan fingerprint density at radius 1 is 1.00 bits per heavy atom. The van der Waals surface area contributed by atoms with Crippen LogP contribution in [0.2, 0.25) is 0 Å². The van der Waals surface area contributed by atoms with Crippen LogP contribution in [0, 0.1) is 0 Å². The molecule has 0 aromatic carbocycles. The summed E-state index contributed by atoms with van der Waals surface area (Å²) in [5, 5.41) is 0. The Bertz CT molecular complexity index is 124. The number of methoxy groups -OCH3 is 2. The third kappa shape index (κ3) is 1.97. The number of hydrogen-bond acceptors (Lipinski definition) is 3. The van der Waals surface area contributed by atoms with Crippen LogP contribution >= 0.6 is 0 Å². The zero-order valence-corrected chi connectivity index (χ0v) is 8.24. The van der Waals surface area contributed by atoms with Crippen LogP contribution in [0.3, 0.4) is 0 Å². The molecule has 0 spiro atoms. The van der Waals surface area contributed by atoms with E-state index in [1.54, 1.807) is 14.2 Å². The monoisotopic (exact) mass is 174 g/mol. The fourth-order valence-electron chi connectivity index (χ4n) is 1.70. The average Bonchev–Trinajstić information content (AvgIpc) is 2.05. The molecule has 4 atom stereocenters. The molecule has 1 aliphatic rings. The van der Waals surface area contributed by atoms with E-state index in [0.717, 1.165) is 6.42 Å². The van der Waals surface area contributed by atoms with Gasteiger partial charge in [0.05, 0.1) is 24.4 Å². The third-order valence-electron chi connectivity index (χ3n) is 2.55. The van der Waals surface area contributed by atoms with E-state index in [0.29, 0.717) is 0 Å². The molecule has 0 amide bonds. The standard InChI is InChI=1S/C9H18O3/c1-6-8(10-3)5-9(11-4)7(2)12-6/h6-9H,5H2,1-4H3/t6-,7-,8-,9+/m0/s1. The highest BCUT2D eigenvalue weighted by molar-refractivity contribution is 4.82. The zero-order valence-electron chi connectivity index (χ0n) is 8.24. The van der Waals surface area contributed by atoms with Gasteiger partial charge in [0.25, 0.3) is 0 Å². The fraction of sp³-hybridized carbons (Fsp3) is 1.00. The second-order valence-corrected chi connectivity index (χ2v) is 3.33. The predicted molar refractivity (Wildman–Crippen MR) is 46.2 cm³/mol. The van der Waals surface area contributed by atoms with Gasteiger partial charge in [-0.05, 0) is 13.8 Å². The summed E-state index contributed by atoms with van der Waals surface area (Å²) in [6.07, 6.45) is 1.63. The summed E-state index contributed by atoms with van der Waals surface area (Å²) in [7, 11) is 3.43. The molecule has 3 nitrogen and oxygen atoms in total. The molecule has 1 fully saturated rings. The lowest BCUT2D eigenvalue weighted by atomic mass is 10.00. The first kappa shape index (κ1) is 9.96. The van der Waals surface area contributed by atoms with E-state index in [2.05, 4.69) is 0 Å². The van der Waals surface area contributed by atoms with Crippen molar-refractivity contribution in [3.05, 3.63) is 0 Å². The molecule has 0 aromatic heterocycles. The lowest BCUT2D eigenvalue weighted by molar-refractivity contribution is -0.172. The Morgan fingerprint density at radius 2 is 1.42 bits per heavy atom. The first-order valence-corrected chi connectivity index (χ1v) is 4.40. The first-order valence-electron chi connectivity index (χ1n) is 4.40. The van der Waals surface area contributed by atoms with E-state index in [9.17, 15) is 0 Å². The molecule has 0 unspecified atom stereocenters. The zero-order chi connectivity index (χ0) is 9.14. The van der Waals surface area contributed by atoms with Crippen molar-refractivity contribution in [1.82, 2.24) is 0 Å². The van der Waals surface area contributed by atoms with Gasteiger partial charge >= 0.3 is 0 Å². The molecule has 0 aromatic rings. The predicted octanol–water partition coefficient (Wildman–Crippen LogP) is 1.21. The van der Waals surface area contributed by atoms with Gasteiger partial charge < -0.3 is 14.2 Å². The largest absolute Gasteiger partial charge is 0.379 e. The Morgan fingerprint density at radius 3 is 1.75 bits per heavy atom. The van der Waals surface area contributed by atoms with Crippen molar-refractivity contribution in [2.75, 3.05) is 14.2 Å². The normalized spacial score (nSPS) is 43.0. The Hall–Kier alpha value is -0.120. The summed E-state index contributed by atoms with van der Waals surface area (Å²) in [6, 6.07) is 0. The van der Waals surface area contributed by atoms with Gasteiger partial charge in [0.2, 0.25) is 0 Å². The molecule has 0 saturated carbocycles. The number of hydrogen-bond donors (Lipinski definition) is 0. The summed E-state index contributed by atoms with van der Waals surface area (Å²) >= 11 is 0. The Kier molecular flexibility index (Phi) is 3.50. The van der Waals surface area contributed by atoms with Crippen molar-refractivity contribution in [3.8, 4) is 0 Å². The fourth-order valence-corrected chi connectivity index (χ4v) is 1.70. The lowest BCUT2D eigenvalue weighted by Crippen LogP contribution is -2.46. The van der Waals surface area contributed by atoms with E-state index < -0.39 is 0 Å². The van der Waals surface area contributed by atoms with Crippen molar-refractivity contribution < 1.29 is 14.2 Å². The third-order valence-corrected chi connectivity index (χ3v) is 2.55. The smallest absolute Gasteiger partial charge is 0.0856 e. The molecule has 0 aliphatic carbocycles. The minimum Gasteiger partial charge on any atom is -0.379 e. The van der Waals surface area contributed by atoms with E-state index in [1.807, 2.05) is 13.8 Å². The summed E-state index contributed by atoms with van der Waals surface area (Å²) < 4.78 is 16.2. The van der Waals surface area contributed by atoms with Crippen LogP contribution < -0.4 is 0 Å². The quantitative estimate of drug-likeness (QED) is 0.630. The van der Waals surface area contributed by atoms with E-state index >= 15 is 0 Å². The van der Waals surface area contributed by atoms with Gasteiger partial charge in [0.15, 0.2) is 0 Å². The molecular formula is C9H18O3. The van der Waals surface area contributed by atoms with Crippen molar-refractivity contribution >= 4 is 0 Å². The molecule has 1 saturated heterocycles. The minimum absolute atomic E-state index is 0.172. The molecule has 3 heteroatoms. The van der Waals surface area contributed by atoms with Crippen LogP contribution in [0.5, 0.6) is 0 Å². The van der Waals surface area contributed by atoms with E-state index in [-0.39, 0.29) is 24.4 Å². The van der Waals surface area contributed by atoms with Gasteiger partial charge in [0, 0.05) is 20.6 Å². The highest BCUT2D eigenvalue weighted by atomic mass is 16.6. The highest BCUT2D eigenvalue weighted by Crippen LogP contribution is 2.23. The van der Waals surface area contributed by atoms with E-state index in [4.69, 9.17) is 14.2 Å². The number of ether oxygens (including phenoxy) is 3. The average molecular weight is 174 g/mol. The maximum absolute atomic E-state index is 5.64. The van der Waals surface area contributed by atoms with Crippen molar-refractivity contribution in [3.63, 3.8) is 0 Å². The van der Waals surface area contributed by atoms with Gasteiger partial charge in [-0.2, -0.15) is 0 Å². The highest BCUT2D eigenvalue weighted by Gasteiger charge is 2.33. The molecule has 1 heterocycles. The summed E-state index contributed by atoms with van der Waals surface area (Å²) in [5.41, 5.74) is 0. The van der Waals surface area contributed by atoms with Crippen molar-refractivity contribution in [1.29, 1.82) is 0 Å². The first-order chi connectivity index (χ1) is 5.69. The molecule has 0 radical (unpaired) electrons. The van der Waals surface area contributed by atoms with Crippen LogP contribution in [-0.2, 0) is 14.2 Å². The minimum atomic E-state index is 0.172.